The van der Waals surface area contributed by atoms with Crippen LogP contribution in [0.25, 0.3) is 0 Å². The van der Waals surface area contributed by atoms with Crippen LogP contribution in [0.15, 0.2) is 73.2 Å². The molecule has 1 aliphatic heterocycles. The van der Waals surface area contributed by atoms with Gasteiger partial charge in [-0.2, -0.15) is 4.98 Å². The number of aromatic nitrogens is 3. The fourth-order valence-corrected chi connectivity index (χ4v) is 5.46. The molecule has 4 aromatic rings. The monoisotopic (exact) mass is 662 g/mol. The molecule has 5 rings (SSSR count). The van der Waals surface area contributed by atoms with Gasteiger partial charge in [0.1, 0.15) is 27.4 Å². The van der Waals surface area contributed by atoms with E-state index in [1.54, 1.807) is 55.0 Å². The van der Waals surface area contributed by atoms with Gasteiger partial charge in [0.15, 0.2) is 0 Å². The van der Waals surface area contributed by atoms with Crippen LogP contribution in [0.2, 0.25) is 10.0 Å². The van der Waals surface area contributed by atoms with E-state index in [1.807, 2.05) is 31.1 Å². The summed E-state index contributed by atoms with van der Waals surface area (Å²) in [6.45, 7) is 0.804. The van der Waals surface area contributed by atoms with Gasteiger partial charge in [-0.15, -0.1) is 0 Å². The number of nitrogens with zero attached hydrogens (tertiary/aromatic N) is 6. The fraction of sp³-hybridized carbons (Fsp3) is 0.219. The number of hydrogen-bond donors (Lipinski definition) is 2. The summed E-state index contributed by atoms with van der Waals surface area (Å²) in [7, 11) is 6.77. The molecule has 0 saturated carbocycles. The standard InChI is InChI=1S/C32H32Cl2N8O4/c1-40(2)13-7-11-26(43)37-22-9-5-8-20(14-22)18-42-30-21(16-36-31(39-30)38-23-10-6-12-35-17-23)19-41(32(42)44)29-27(33)24(45-3)15-25(46-4)28(29)34/h5-12,14-17H,13,18-19H2,1-4H3,(H,37,43)(H,36,38,39)/b11-7+. The second kappa shape index (κ2) is 14.5. The van der Waals surface area contributed by atoms with Crippen LogP contribution in [-0.2, 0) is 17.9 Å². The summed E-state index contributed by atoms with van der Waals surface area (Å²) in [4.78, 5) is 45.1. The van der Waals surface area contributed by atoms with Crippen molar-refractivity contribution in [1.29, 1.82) is 0 Å². The lowest BCUT2D eigenvalue weighted by Crippen LogP contribution is -2.48. The molecule has 0 fully saturated rings. The number of carbonyl (C=O) groups is 2. The molecule has 1 aliphatic rings. The van der Waals surface area contributed by atoms with Crippen molar-refractivity contribution < 1.29 is 19.1 Å². The minimum atomic E-state index is -0.446. The second-order valence-electron chi connectivity index (χ2n) is 10.5. The molecule has 0 atom stereocenters. The maximum Gasteiger partial charge on any atom is 0.330 e. The van der Waals surface area contributed by atoms with Crippen LogP contribution in [0.5, 0.6) is 11.5 Å². The van der Waals surface area contributed by atoms with E-state index in [0.29, 0.717) is 40.8 Å². The van der Waals surface area contributed by atoms with Gasteiger partial charge < -0.3 is 25.0 Å². The number of fused-ring (bicyclic) bond motifs is 1. The van der Waals surface area contributed by atoms with Gasteiger partial charge in [-0.3, -0.25) is 19.6 Å². The Labute approximate surface area is 276 Å². The van der Waals surface area contributed by atoms with Crippen molar-refractivity contribution in [1.82, 2.24) is 19.9 Å². The van der Waals surface area contributed by atoms with E-state index in [4.69, 9.17) is 37.7 Å². The summed E-state index contributed by atoms with van der Waals surface area (Å²) in [5.41, 5.74) is 2.85. The maximum absolute atomic E-state index is 14.4. The van der Waals surface area contributed by atoms with Gasteiger partial charge in [0.05, 0.1) is 44.9 Å². The van der Waals surface area contributed by atoms with Gasteiger partial charge in [0, 0.05) is 42.3 Å². The number of benzene rings is 2. The molecular weight excluding hydrogens is 631 g/mol. The zero-order valence-corrected chi connectivity index (χ0v) is 27.1. The Bertz CT molecular complexity index is 1740. The molecule has 2 aromatic carbocycles. The summed E-state index contributed by atoms with van der Waals surface area (Å²) in [6, 6.07) is 12.0. The van der Waals surface area contributed by atoms with Crippen molar-refractivity contribution >= 4 is 64.0 Å². The molecule has 2 N–H and O–H groups in total. The molecule has 3 heterocycles. The predicted octanol–water partition coefficient (Wildman–Crippen LogP) is 6.14. The summed E-state index contributed by atoms with van der Waals surface area (Å²) < 4.78 is 10.9. The topological polar surface area (TPSA) is 125 Å². The molecular formula is C32H32Cl2N8O4. The fourth-order valence-electron chi connectivity index (χ4n) is 4.75. The zero-order chi connectivity index (χ0) is 32.8. The maximum atomic E-state index is 14.4. The van der Waals surface area contributed by atoms with Crippen LogP contribution in [0, 0.1) is 0 Å². The molecule has 0 spiro atoms. The van der Waals surface area contributed by atoms with E-state index in [9.17, 15) is 9.59 Å². The van der Waals surface area contributed by atoms with E-state index >= 15 is 0 Å². The number of ether oxygens (including phenoxy) is 2. The van der Waals surface area contributed by atoms with Crippen LogP contribution in [0.4, 0.5) is 33.6 Å². The summed E-state index contributed by atoms with van der Waals surface area (Å²) in [5.74, 6) is 0.991. The highest BCUT2D eigenvalue weighted by Crippen LogP contribution is 2.48. The zero-order valence-electron chi connectivity index (χ0n) is 25.6. The largest absolute Gasteiger partial charge is 0.495 e. The van der Waals surface area contributed by atoms with Crippen molar-refractivity contribution in [3.8, 4) is 11.5 Å². The third-order valence-electron chi connectivity index (χ3n) is 6.90. The molecule has 46 heavy (non-hydrogen) atoms. The average Bonchev–Trinajstić information content (AvgIpc) is 3.04. The normalized spacial score (nSPS) is 12.8. The lowest BCUT2D eigenvalue weighted by Gasteiger charge is -2.37. The highest BCUT2D eigenvalue weighted by Gasteiger charge is 2.37. The Morgan fingerprint density at radius 1 is 1.04 bits per heavy atom. The molecule has 12 nitrogen and oxygen atoms in total. The molecule has 0 saturated heterocycles. The number of hydrogen-bond acceptors (Lipinski definition) is 9. The van der Waals surface area contributed by atoms with Crippen LogP contribution in [0.1, 0.15) is 11.1 Å². The quantitative estimate of drug-likeness (QED) is 0.182. The second-order valence-corrected chi connectivity index (χ2v) is 11.2. The molecule has 238 valence electrons. The molecule has 0 aliphatic carbocycles. The van der Waals surface area contributed by atoms with Gasteiger partial charge >= 0.3 is 6.03 Å². The van der Waals surface area contributed by atoms with Crippen LogP contribution < -0.4 is 29.9 Å². The van der Waals surface area contributed by atoms with E-state index < -0.39 is 6.03 Å². The number of amides is 3. The molecule has 3 amide bonds. The Hall–Kier alpha value is -4.91. The number of halogens is 2. The number of methoxy groups -OCH3 is 2. The van der Waals surface area contributed by atoms with Gasteiger partial charge in [0.2, 0.25) is 11.9 Å². The first-order valence-corrected chi connectivity index (χ1v) is 14.9. The lowest BCUT2D eigenvalue weighted by molar-refractivity contribution is -0.111. The SMILES string of the molecule is COc1cc(OC)c(Cl)c(N2Cc3cnc(Nc4cccnc4)nc3N(Cc3cccc(NC(=O)/C=C/CN(C)C)c3)C2=O)c1Cl. The predicted molar refractivity (Wildman–Crippen MR) is 180 cm³/mol. The van der Waals surface area contributed by atoms with Gasteiger partial charge in [-0.1, -0.05) is 41.4 Å². The third-order valence-corrected chi connectivity index (χ3v) is 7.63. The number of likely N-dealkylation sites (N-methyl/N-ethyl adjacent to an activating group) is 1. The number of carbonyl (C=O) groups excluding carboxylic acids is 2. The first-order chi connectivity index (χ1) is 22.2. The van der Waals surface area contributed by atoms with Crippen LogP contribution >= 0.6 is 23.2 Å². The molecule has 14 heteroatoms. The van der Waals surface area contributed by atoms with Crippen molar-refractivity contribution in [3.63, 3.8) is 0 Å². The minimum absolute atomic E-state index is 0.0724. The Kier molecular flexibility index (Phi) is 10.2. The van der Waals surface area contributed by atoms with Crippen LogP contribution in [-0.4, -0.2) is 66.6 Å². The highest BCUT2D eigenvalue weighted by molar-refractivity contribution is 6.42. The van der Waals surface area contributed by atoms with E-state index in [-0.39, 0.29) is 40.7 Å². The van der Waals surface area contributed by atoms with Crippen LogP contribution in [0.3, 0.4) is 0 Å². The lowest BCUT2D eigenvalue weighted by atomic mass is 10.1. The van der Waals surface area contributed by atoms with Gasteiger partial charge in [-0.05, 0) is 43.9 Å². The van der Waals surface area contributed by atoms with Crippen molar-refractivity contribution in [3.05, 3.63) is 94.4 Å². The number of urea groups is 1. The van der Waals surface area contributed by atoms with E-state index in [1.165, 1.54) is 30.1 Å². The Balaban J connectivity index is 1.53. The third kappa shape index (κ3) is 7.31. The first-order valence-electron chi connectivity index (χ1n) is 14.1. The van der Waals surface area contributed by atoms with Gasteiger partial charge in [-0.25, -0.2) is 9.78 Å². The number of pyridine rings is 1. The molecule has 2 aromatic heterocycles. The molecule has 0 bridgehead atoms. The molecule has 0 radical (unpaired) electrons. The highest BCUT2D eigenvalue weighted by atomic mass is 35.5. The number of anilines is 5. The minimum Gasteiger partial charge on any atom is -0.495 e. The smallest absolute Gasteiger partial charge is 0.330 e. The first kappa shape index (κ1) is 32.5. The number of nitrogens with one attached hydrogen (secondary N) is 2. The van der Waals surface area contributed by atoms with E-state index in [0.717, 1.165) is 5.56 Å². The Morgan fingerprint density at radius 2 is 1.78 bits per heavy atom. The summed E-state index contributed by atoms with van der Waals surface area (Å²) in [5, 5.41) is 6.30. The summed E-state index contributed by atoms with van der Waals surface area (Å²) >= 11 is 13.5. The van der Waals surface area contributed by atoms with Crippen molar-refractivity contribution in [2.75, 3.05) is 55.3 Å². The Morgan fingerprint density at radius 3 is 2.46 bits per heavy atom. The summed E-state index contributed by atoms with van der Waals surface area (Å²) in [6.07, 6.45) is 8.21. The van der Waals surface area contributed by atoms with Crippen molar-refractivity contribution in [2.45, 2.75) is 13.1 Å². The van der Waals surface area contributed by atoms with Gasteiger partial charge in [0.25, 0.3) is 0 Å². The average molecular weight is 664 g/mol. The van der Waals surface area contributed by atoms with Crippen molar-refractivity contribution in [2.24, 2.45) is 0 Å². The van der Waals surface area contributed by atoms with E-state index in [2.05, 4.69) is 20.6 Å². The molecule has 0 unspecified atom stereocenters. The number of rotatable bonds is 11.